The topological polar surface area (TPSA) is 52.3 Å². The van der Waals surface area contributed by atoms with Gasteiger partial charge in [0.2, 0.25) is 5.65 Å². The van der Waals surface area contributed by atoms with Crippen LogP contribution in [0.3, 0.4) is 0 Å². The molecule has 0 aliphatic heterocycles. The van der Waals surface area contributed by atoms with Gasteiger partial charge in [-0.3, -0.25) is 4.40 Å². The minimum atomic E-state index is 0.0958. The smallest absolute Gasteiger partial charge is 0.206 e. The Labute approximate surface area is 89.3 Å². The monoisotopic (exact) mass is 256 g/mol. The van der Waals surface area contributed by atoms with Gasteiger partial charge in [0.25, 0.3) is 0 Å². The molecule has 0 fully saturated rings. The number of aromatic nitrogens is 4. The number of hydrogen-bond donors (Lipinski definition) is 0. The zero-order chi connectivity index (χ0) is 10.1. The van der Waals surface area contributed by atoms with Gasteiger partial charge in [-0.1, -0.05) is 0 Å². The maximum absolute atomic E-state index is 5.53. The average molecular weight is 257 g/mol. The molecule has 0 aliphatic rings. The van der Waals surface area contributed by atoms with E-state index in [0.717, 1.165) is 0 Å². The first-order valence-electron chi connectivity index (χ1n) is 4.19. The van der Waals surface area contributed by atoms with Crippen LogP contribution in [0, 0.1) is 0 Å². The molecular formula is C8H9BrN4O. The first-order chi connectivity index (χ1) is 6.68. The van der Waals surface area contributed by atoms with E-state index in [1.165, 1.54) is 0 Å². The second-order valence-electron chi connectivity index (χ2n) is 3.08. The van der Waals surface area contributed by atoms with Gasteiger partial charge in [-0.25, -0.2) is 4.98 Å². The van der Waals surface area contributed by atoms with Gasteiger partial charge >= 0.3 is 0 Å². The number of rotatable bonds is 2. The van der Waals surface area contributed by atoms with Gasteiger partial charge in [0.15, 0.2) is 10.5 Å². The standard InChI is InChI=1S/C8H9BrN4O/c1-5(2)14-6-3-10-8(9)13-4-11-12-7(6)13/h3-5H,1-2H3. The molecule has 5 nitrogen and oxygen atoms in total. The summed E-state index contributed by atoms with van der Waals surface area (Å²) in [6.45, 7) is 3.91. The second-order valence-corrected chi connectivity index (χ2v) is 3.79. The minimum Gasteiger partial charge on any atom is -0.485 e. The summed E-state index contributed by atoms with van der Waals surface area (Å²) in [6.07, 6.45) is 3.31. The lowest BCUT2D eigenvalue weighted by atomic mass is 10.4. The molecule has 0 spiro atoms. The van der Waals surface area contributed by atoms with Crippen molar-refractivity contribution in [3.63, 3.8) is 0 Å². The third-order valence-corrected chi connectivity index (χ3v) is 2.20. The summed E-state index contributed by atoms with van der Waals surface area (Å²) in [5.41, 5.74) is 0.667. The fourth-order valence-electron chi connectivity index (χ4n) is 1.11. The molecule has 0 unspecified atom stereocenters. The average Bonchev–Trinajstić information content (AvgIpc) is 2.58. The highest BCUT2D eigenvalue weighted by molar-refractivity contribution is 9.10. The SMILES string of the molecule is CC(C)Oc1cnc(Br)n2cnnc12. The number of ether oxygens (including phenoxy) is 1. The zero-order valence-electron chi connectivity index (χ0n) is 7.81. The molecule has 2 aromatic rings. The molecule has 0 saturated carbocycles. The van der Waals surface area contributed by atoms with Gasteiger partial charge in [0.1, 0.15) is 6.33 Å². The Kier molecular flexibility index (Phi) is 2.37. The number of fused-ring (bicyclic) bond motifs is 1. The van der Waals surface area contributed by atoms with Crippen molar-refractivity contribution in [2.45, 2.75) is 20.0 Å². The van der Waals surface area contributed by atoms with Crippen molar-refractivity contribution in [2.24, 2.45) is 0 Å². The van der Waals surface area contributed by atoms with Crippen LogP contribution in [-0.4, -0.2) is 25.7 Å². The fraction of sp³-hybridized carbons (Fsp3) is 0.375. The van der Waals surface area contributed by atoms with Crippen LogP contribution in [0.15, 0.2) is 17.3 Å². The molecule has 6 heteroatoms. The Morgan fingerprint density at radius 3 is 3.00 bits per heavy atom. The van der Waals surface area contributed by atoms with Gasteiger partial charge in [0, 0.05) is 0 Å². The van der Waals surface area contributed by atoms with Gasteiger partial charge in [-0.15, -0.1) is 10.2 Å². The Morgan fingerprint density at radius 2 is 2.29 bits per heavy atom. The van der Waals surface area contributed by atoms with Crippen molar-refractivity contribution in [3.8, 4) is 5.75 Å². The summed E-state index contributed by atoms with van der Waals surface area (Å²) in [7, 11) is 0. The van der Waals surface area contributed by atoms with E-state index in [4.69, 9.17) is 4.74 Å². The van der Waals surface area contributed by atoms with Crippen molar-refractivity contribution in [2.75, 3.05) is 0 Å². The molecule has 2 aromatic heterocycles. The van der Waals surface area contributed by atoms with E-state index in [2.05, 4.69) is 31.1 Å². The fourth-order valence-corrected chi connectivity index (χ4v) is 1.47. The highest BCUT2D eigenvalue weighted by atomic mass is 79.9. The van der Waals surface area contributed by atoms with Crippen LogP contribution >= 0.6 is 15.9 Å². The molecule has 2 heterocycles. The lowest BCUT2D eigenvalue weighted by Gasteiger charge is -2.09. The molecular weight excluding hydrogens is 248 g/mol. The van der Waals surface area contributed by atoms with Crippen molar-refractivity contribution >= 4 is 21.6 Å². The molecule has 74 valence electrons. The molecule has 0 radical (unpaired) electrons. The zero-order valence-corrected chi connectivity index (χ0v) is 9.39. The van der Waals surface area contributed by atoms with E-state index < -0.39 is 0 Å². The molecule has 0 aliphatic carbocycles. The largest absolute Gasteiger partial charge is 0.485 e. The Bertz CT molecular complexity index is 454. The minimum absolute atomic E-state index is 0.0958. The predicted octanol–water partition coefficient (Wildman–Crippen LogP) is 1.67. The van der Waals surface area contributed by atoms with Crippen LogP contribution in [0.1, 0.15) is 13.8 Å². The number of nitrogens with zero attached hydrogens (tertiary/aromatic N) is 4. The number of hydrogen-bond acceptors (Lipinski definition) is 4. The van der Waals surface area contributed by atoms with E-state index in [-0.39, 0.29) is 6.10 Å². The van der Waals surface area contributed by atoms with Crippen LogP contribution in [0.25, 0.3) is 5.65 Å². The summed E-state index contributed by atoms with van der Waals surface area (Å²) in [5, 5.41) is 7.74. The highest BCUT2D eigenvalue weighted by Gasteiger charge is 2.09. The van der Waals surface area contributed by atoms with E-state index in [9.17, 15) is 0 Å². The Morgan fingerprint density at radius 1 is 1.50 bits per heavy atom. The molecule has 2 rings (SSSR count). The van der Waals surface area contributed by atoms with Gasteiger partial charge in [0.05, 0.1) is 12.3 Å². The van der Waals surface area contributed by atoms with Crippen LogP contribution in [0.4, 0.5) is 0 Å². The van der Waals surface area contributed by atoms with Crippen molar-refractivity contribution < 1.29 is 4.74 Å². The lowest BCUT2D eigenvalue weighted by Crippen LogP contribution is -2.07. The summed E-state index contributed by atoms with van der Waals surface area (Å²) in [6, 6.07) is 0. The quantitative estimate of drug-likeness (QED) is 0.768. The number of halogens is 1. The van der Waals surface area contributed by atoms with Crippen molar-refractivity contribution in [3.05, 3.63) is 17.3 Å². The highest BCUT2D eigenvalue weighted by Crippen LogP contribution is 2.20. The molecule has 0 amide bonds. The predicted molar refractivity (Wildman–Crippen MR) is 54.2 cm³/mol. The first kappa shape index (κ1) is 9.39. The summed E-state index contributed by atoms with van der Waals surface area (Å²) >= 11 is 3.29. The Hall–Kier alpha value is -1.17. The molecule has 0 aromatic carbocycles. The van der Waals surface area contributed by atoms with E-state index >= 15 is 0 Å². The summed E-state index contributed by atoms with van der Waals surface area (Å²) < 4.78 is 7.91. The first-order valence-corrected chi connectivity index (χ1v) is 4.98. The van der Waals surface area contributed by atoms with Gasteiger partial charge < -0.3 is 4.74 Å². The van der Waals surface area contributed by atoms with Crippen LogP contribution in [-0.2, 0) is 0 Å². The molecule has 14 heavy (non-hydrogen) atoms. The summed E-state index contributed by atoms with van der Waals surface area (Å²) in [5.74, 6) is 0.640. The second kappa shape index (κ2) is 3.53. The third kappa shape index (κ3) is 1.57. The maximum atomic E-state index is 5.53. The third-order valence-electron chi connectivity index (χ3n) is 1.62. The van der Waals surface area contributed by atoms with Crippen LogP contribution in [0.5, 0.6) is 5.75 Å². The van der Waals surface area contributed by atoms with Crippen molar-refractivity contribution in [1.82, 2.24) is 19.6 Å². The van der Waals surface area contributed by atoms with E-state index in [1.54, 1.807) is 16.9 Å². The van der Waals surface area contributed by atoms with E-state index in [1.807, 2.05) is 13.8 Å². The summed E-state index contributed by atoms with van der Waals surface area (Å²) in [4.78, 5) is 4.11. The normalized spacial score (nSPS) is 11.1. The Balaban J connectivity index is 2.55. The molecule has 0 bridgehead atoms. The molecule has 0 N–H and O–H groups in total. The van der Waals surface area contributed by atoms with Crippen molar-refractivity contribution in [1.29, 1.82) is 0 Å². The molecule has 0 atom stereocenters. The van der Waals surface area contributed by atoms with Crippen LogP contribution < -0.4 is 4.74 Å². The molecule has 0 saturated heterocycles. The van der Waals surface area contributed by atoms with Crippen LogP contribution in [0.2, 0.25) is 0 Å². The maximum Gasteiger partial charge on any atom is 0.206 e. The van der Waals surface area contributed by atoms with Gasteiger partial charge in [-0.05, 0) is 29.8 Å². The lowest BCUT2D eigenvalue weighted by molar-refractivity contribution is 0.243. The van der Waals surface area contributed by atoms with Gasteiger partial charge in [-0.2, -0.15) is 0 Å². The van der Waals surface area contributed by atoms with E-state index in [0.29, 0.717) is 16.1 Å².